The number of aliphatic hydroxyl groups excluding tert-OH is 2. The zero-order valence-electron chi connectivity index (χ0n) is 13.6. The average Bonchev–Trinajstić information content (AvgIpc) is 2.71. The molecule has 150 valence electrons. The summed E-state index contributed by atoms with van der Waals surface area (Å²) in [6.07, 6.45) is -5.32. The molecule has 7 N–H and O–H groups in total. The third kappa shape index (κ3) is 7.27. The van der Waals surface area contributed by atoms with E-state index in [9.17, 15) is 33.8 Å². The molecule has 27 heavy (non-hydrogen) atoms. The van der Waals surface area contributed by atoms with E-state index in [0.29, 0.717) is 0 Å². The van der Waals surface area contributed by atoms with Gasteiger partial charge in [0.05, 0.1) is 6.61 Å². The summed E-state index contributed by atoms with van der Waals surface area (Å²) in [5, 5.41) is 19.8. The van der Waals surface area contributed by atoms with Crippen molar-refractivity contribution < 1.29 is 82.6 Å². The first-order valence-electron chi connectivity index (χ1n) is 6.45. The van der Waals surface area contributed by atoms with Crippen LogP contribution in [0.5, 0.6) is 0 Å². The van der Waals surface area contributed by atoms with Gasteiger partial charge in [-0.05, 0) is 0 Å². The van der Waals surface area contributed by atoms with Gasteiger partial charge in [0.25, 0.3) is 13.4 Å². The first-order chi connectivity index (χ1) is 11.4. The second-order valence-electron chi connectivity index (χ2n) is 4.88. The van der Waals surface area contributed by atoms with Crippen molar-refractivity contribution in [1.82, 2.24) is 9.55 Å². The molecule has 0 amide bonds. The van der Waals surface area contributed by atoms with Gasteiger partial charge in [-0.25, -0.2) is 13.7 Å². The predicted octanol–water partition coefficient (Wildman–Crippen LogP) is -7.07. The number of hydrogen-bond donors (Lipinski definition) is 5. The number of H-pyrrole nitrogens is 1. The van der Waals surface area contributed by atoms with Crippen LogP contribution in [0.4, 0.5) is 0 Å². The fourth-order valence-corrected chi connectivity index (χ4v) is 3.61. The second kappa shape index (κ2) is 10.0. The summed E-state index contributed by atoms with van der Waals surface area (Å²) < 4.78 is 35.3. The van der Waals surface area contributed by atoms with Crippen LogP contribution in [-0.4, -0.2) is 59.9 Å². The molecule has 18 heteroatoms. The number of nitrogens with one attached hydrogen (secondary N) is 1. The Morgan fingerprint density at radius 2 is 1.85 bits per heavy atom. The molecule has 0 spiro atoms. The summed E-state index contributed by atoms with van der Waals surface area (Å²) in [5.74, 6) is 0. The van der Waals surface area contributed by atoms with E-state index in [1.165, 1.54) is 0 Å². The van der Waals surface area contributed by atoms with E-state index in [1.54, 1.807) is 0 Å². The summed E-state index contributed by atoms with van der Waals surface area (Å²) in [5.41, 5.74) is -1.66. The third-order valence-corrected chi connectivity index (χ3v) is 5.20. The summed E-state index contributed by atoms with van der Waals surface area (Å²) in [4.78, 5) is 52.5. The minimum Gasteiger partial charge on any atom is -0.756 e. The zero-order valence-corrected chi connectivity index (χ0v) is 17.4. The Balaban J connectivity index is 0.00000338. The molecule has 1 fully saturated rings. The van der Waals surface area contributed by atoms with Crippen LogP contribution in [0.2, 0.25) is 0 Å². The maximum Gasteiger partial charge on any atom is 1.00 e. The van der Waals surface area contributed by atoms with E-state index < -0.39 is 58.0 Å². The molecule has 1 aromatic heterocycles. The number of aromatic amines is 1. The Kier molecular flexibility index (Phi) is 9.92. The molecule has 1 saturated heterocycles. The molecule has 0 aliphatic carbocycles. The molecule has 1 aromatic rings. The number of phosphoric ester groups is 1. The molecule has 2 rings (SSSR count). The van der Waals surface area contributed by atoms with Crippen LogP contribution in [0.15, 0.2) is 21.9 Å². The van der Waals surface area contributed by atoms with E-state index in [1.807, 2.05) is 4.98 Å². The number of ether oxygens (including phenoxy) is 1. The standard InChI is InChI=1S/C9H14N2O12P2.Na.H2O/c12-5-1-2-11(9(15)10-5)8-7(14)6(13)4(22-8)3-21-25(19,20)23-24(16,17)18;;/h1-2,4,6-8,13-14H,3H2,(H,19,20)(H,10,12,15)(H2,16,17,18);;1H2/q;+1;/p-1. The number of aliphatic hydroxyl groups is 2. The van der Waals surface area contributed by atoms with Crippen molar-refractivity contribution >= 4 is 15.6 Å². The maximum absolute atomic E-state index is 11.7. The molecule has 15 nitrogen and oxygen atoms in total. The monoisotopic (exact) mass is 444 g/mol. The minimum atomic E-state index is -5.57. The molecule has 1 aliphatic heterocycles. The van der Waals surface area contributed by atoms with E-state index in [-0.39, 0.29) is 35.0 Å². The van der Waals surface area contributed by atoms with Crippen molar-refractivity contribution in [2.45, 2.75) is 24.5 Å². The van der Waals surface area contributed by atoms with Crippen molar-refractivity contribution in [2.75, 3.05) is 6.61 Å². The summed E-state index contributed by atoms with van der Waals surface area (Å²) in [7, 11) is -10.8. The van der Waals surface area contributed by atoms with Gasteiger partial charge >= 0.3 is 43.1 Å². The molecule has 0 radical (unpaired) electrons. The van der Waals surface area contributed by atoms with Gasteiger partial charge in [-0.2, -0.15) is 0 Å². The fourth-order valence-electron chi connectivity index (χ4n) is 2.05. The first-order valence-corrected chi connectivity index (χ1v) is 9.44. The van der Waals surface area contributed by atoms with Gasteiger partial charge in [0.1, 0.15) is 18.3 Å². The average molecular weight is 444 g/mol. The van der Waals surface area contributed by atoms with Crippen molar-refractivity contribution in [2.24, 2.45) is 0 Å². The van der Waals surface area contributed by atoms with E-state index in [0.717, 1.165) is 16.8 Å². The SMILES string of the molecule is O.O=c1ccn(C2OC(COP(=O)(O)OP(=O)([O-])O)C(O)C2O)c(=O)[nH]1.[Na+]. The molecular formula is C9H15N2NaO13P2. The van der Waals surface area contributed by atoms with E-state index >= 15 is 0 Å². The molecule has 6 unspecified atom stereocenters. The van der Waals surface area contributed by atoms with Gasteiger partial charge < -0.3 is 35.1 Å². The second-order valence-corrected chi connectivity index (χ2v) is 7.66. The van der Waals surface area contributed by atoms with Crippen LogP contribution < -0.4 is 45.7 Å². The van der Waals surface area contributed by atoms with Crippen LogP contribution in [0.25, 0.3) is 0 Å². The molecule has 6 atom stereocenters. The van der Waals surface area contributed by atoms with E-state index in [4.69, 9.17) is 14.5 Å². The van der Waals surface area contributed by atoms with Crippen molar-refractivity contribution in [3.8, 4) is 0 Å². The Labute approximate surface area is 172 Å². The first kappa shape index (κ1) is 26.8. The summed E-state index contributed by atoms with van der Waals surface area (Å²) in [6.45, 7) is -0.930. The topological polar surface area (TPSA) is 252 Å². The molecule has 0 aromatic carbocycles. The Hall–Kier alpha value is -0.220. The molecule has 1 aliphatic rings. The van der Waals surface area contributed by atoms with Crippen molar-refractivity contribution in [3.63, 3.8) is 0 Å². The minimum absolute atomic E-state index is 0. The van der Waals surface area contributed by atoms with Gasteiger partial charge in [-0.15, -0.1) is 0 Å². The van der Waals surface area contributed by atoms with Crippen LogP contribution in [0.1, 0.15) is 6.23 Å². The molecule has 0 saturated carbocycles. The van der Waals surface area contributed by atoms with Crippen LogP contribution >= 0.6 is 15.6 Å². The number of rotatable bonds is 6. The Bertz CT molecular complexity index is 836. The van der Waals surface area contributed by atoms with Gasteiger partial charge in [0.15, 0.2) is 6.23 Å². The molecule has 2 heterocycles. The van der Waals surface area contributed by atoms with Gasteiger partial charge in [0.2, 0.25) is 0 Å². The smallest absolute Gasteiger partial charge is 0.756 e. The van der Waals surface area contributed by atoms with E-state index in [2.05, 4.69) is 8.83 Å². The molecule has 0 bridgehead atoms. The normalized spacial score (nSPS) is 29.1. The quantitative estimate of drug-likeness (QED) is 0.203. The zero-order chi connectivity index (χ0) is 19.0. The van der Waals surface area contributed by atoms with Crippen LogP contribution in [-0.2, 0) is 22.7 Å². The third-order valence-electron chi connectivity index (χ3n) is 3.07. The summed E-state index contributed by atoms with van der Waals surface area (Å²) in [6, 6.07) is 0.955. The molecular weight excluding hydrogens is 429 g/mol. The number of nitrogens with zero attached hydrogens (tertiary/aromatic N) is 1. The van der Waals surface area contributed by atoms with Gasteiger partial charge in [0, 0.05) is 12.3 Å². The fraction of sp³-hybridized carbons (Fsp3) is 0.556. The van der Waals surface area contributed by atoms with Crippen LogP contribution in [0.3, 0.4) is 0 Å². The number of hydrogen-bond acceptors (Lipinski definition) is 10. The Morgan fingerprint density at radius 1 is 1.26 bits per heavy atom. The number of aromatic nitrogens is 2. The predicted molar refractivity (Wildman–Crippen MR) is 77.5 cm³/mol. The van der Waals surface area contributed by atoms with Gasteiger partial charge in [-0.3, -0.25) is 23.4 Å². The van der Waals surface area contributed by atoms with Crippen molar-refractivity contribution in [3.05, 3.63) is 33.1 Å². The number of phosphoric acid groups is 2. The van der Waals surface area contributed by atoms with Crippen molar-refractivity contribution in [1.29, 1.82) is 0 Å². The van der Waals surface area contributed by atoms with Crippen LogP contribution in [0, 0.1) is 0 Å². The Morgan fingerprint density at radius 3 is 2.37 bits per heavy atom. The van der Waals surface area contributed by atoms with Gasteiger partial charge in [-0.1, -0.05) is 0 Å². The largest absolute Gasteiger partial charge is 1.00 e. The summed E-state index contributed by atoms with van der Waals surface area (Å²) >= 11 is 0. The maximum atomic E-state index is 11.7.